The van der Waals surface area contributed by atoms with Gasteiger partial charge in [-0.15, -0.1) is 0 Å². The van der Waals surface area contributed by atoms with Gasteiger partial charge in [0.2, 0.25) is 16.1 Å². The number of rotatable bonds is 2. The molecule has 2 rings (SSSR count). The lowest BCUT2D eigenvalue weighted by molar-refractivity contribution is -0.148. The van der Waals surface area contributed by atoms with Crippen molar-refractivity contribution in [2.45, 2.75) is 6.10 Å². The van der Waals surface area contributed by atoms with Crippen LogP contribution in [0.1, 0.15) is 0 Å². The van der Waals surface area contributed by atoms with E-state index < -0.39 is 22.1 Å². The zero-order valence-electron chi connectivity index (χ0n) is 9.99. The van der Waals surface area contributed by atoms with E-state index >= 15 is 0 Å². The van der Waals surface area contributed by atoms with Crippen LogP contribution in [0.2, 0.25) is 0 Å². The number of benzene rings is 1. The third-order valence-corrected chi connectivity index (χ3v) is 3.75. The predicted molar refractivity (Wildman–Crippen MR) is 65.1 cm³/mol. The van der Waals surface area contributed by atoms with Gasteiger partial charge in [-0.05, 0) is 12.1 Å². The van der Waals surface area contributed by atoms with E-state index in [1.165, 1.54) is 7.11 Å². The molecule has 1 aromatic rings. The maximum atomic E-state index is 11.7. The van der Waals surface area contributed by atoms with E-state index in [0.29, 0.717) is 11.4 Å². The fraction of sp³-hybridized carbons (Fsp3) is 0.364. The number of nitrogens with zero attached hydrogens (tertiary/aromatic N) is 1. The Bertz CT molecular complexity index is 569. The van der Waals surface area contributed by atoms with Crippen LogP contribution in [-0.4, -0.2) is 40.4 Å². The molecule has 0 saturated heterocycles. The smallest absolute Gasteiger partial charge is 0.348 e. The monoisotopic (exact) mass is 271 g/mol. The Kier molecular flexibility index (Phi) is 3.16. The number of methoxy groups -OCH3 is 1. The molecule has 98 valence electrons. The number of sulfonamides is 1. The second-order valence-corrected chi connectivity index (χ2v) is 5.80. The Labute approximate surface area is 105 Å². The van der Waals surface area contributed by atoms with Gasteiger partial charge in [0.25, 0.3) is 0 Å². The summed E-state index contributed by atoms with van der Waals surface area (Å²) < 4.78 is 34.6. The van der Waals surface area contributed by atoms with Crippen LogP contribution in [0.15, 0.2) is 24.3 Å². The minimum atomic E-state index is -3.47. The summed E-state index contributed by atoms with van der Waals surface area (Å²) >= 11 is 0. The van der Waals surface area contributed by atoms with Gasteiger partial charge in [0, 0.05) is 0 Å². The predicted octanol–water partition coefficient (Wildman–Crippen LogP) is 0.387. The van der Waals surface area contributed by atoms with Crippen molar-refractivity contribution in [3.8, 4) is 5.75 Å². The molecule has 18 heavy (non-hydrogen) atoms. The van der Waals surface area contributed by atoms with Gasteiger partial charge in [0.1, 0.15) is 5.75 Å². The van der Waals surface area contributed by atoms with Gasteiger partial charge < -0.3 is 9.47 Å². The summed E-state index contributed by atoms with van der Waals surface area (Å²) in [4.78, 5) is 11.5. The lowest BCUT2D eigenvalue weighted by atomic mass is 10.2. The number of fused-ring (bicyclic) bond motifs is 1. The fourth-order valence-corrected chi connectivity index (χ4v) is 2.68. The average Bonchev–Trinajstić information content (AvgIpc) is 2.35. The Morgan fingerprint density at radius 3 is 2.72 bits per heavy atom. The third kappa shape index (κ3) is 2.26. The van der Waals surface area contributed by atoms with E-state index in [2.05, 4.69) is 4.74 Å². The molecule has 0 aromatic heterocycles. The summed E-state index contributed by atoms with van der Waals surface area (Å²) in [6.07, 6.45) is 0.142. The van der Waals surface area contributed by atoms with Crippen molar-refractivity contribution >= 4 is 21.7 Å². The first-order chi connectivity index (χ1) is 8.43. The van der Waals surface area contributed by atoms with Crippen LogP contribution >= 0.6 is 0 Å². The Hall–Kier alpha value is -1.76. The summed E-state index contributed by atoms with van der Waals surface area (Å²) in [6.45, 7) is -0.0808. The normalized spacial score (nSPS) is 18.8. The number of ether oxygens (including phenoxy) is 2. The van der Waals surface area contributed by atoms with E-state index in [1.807, 2.05) is 0 Å². The second-order valence-electron chi connectivity index (χ2n) is 3.89. The lowest BCUT2D eigenvalue weighted by Crippen LogP contribution is -2.47. The number of carbonyl (C=O) groups is 1. The van der Waals surface area contributed by atoms with Crippen LogP contribution in [0.5, 0.6) is 5.75 Å². The minimum absolute atomic E-state index is 0.0808. The molecule has 0 radical (unpaired) electrons. The molecule has 0 bridgehead atoms. The van der Waals surface area contributed by atoms with E-state index in [0.717, 1.165) is 10.6 Å². The Morgan fingerprint density at radius 2 is 2.11 bits per heavy atom. The zero-order valence-corrected chi connectivity index (χ0v) is 10.8. The number of hydrogen-bond donors (Lipinski definition) is 0. The van der Waals surface area contributed by atoms with Crippen molar-refractivity contribution in [3.63, 3.8) is 0 Å². The van der Waals surface area contributed by atoms with Crippen molar-refractivity contribution in [2.24, 2.45) is 0 Å². The van der Waals surface area contributed by atoms with E-state index in [1.54, 1.807) is 24.3 Å². The molecule has 1 aromatic carbocycles. The SMILES string of the molecule is COC(=O)C1CN(S(C)(=O)=O)c2ccccc2O1. The second kappa shape index (κ2) is 4.49. The average molecular weight is 271 g/mol. The molecule has 7 heteroatoms. The van der Waals surface area contributed by atoms with Crippen molar-refractivity contribution in [1.29, 1.82) is 0 Å². The third-order valence-electron chi connectivity index (χ3n) is 2.60. The summed E-state index contributed by atoms with van der Waals surface area (Å²) in [6, 6.07) is 6.66. The number of esters is 1. The molecular formula is C11H13NO5S. The minimum Gasteiger partial charge on any atom is -0.475 e. The van der Waals surface area contributed by atoms with Gasteiger partial charge in [-0.2, -0.15) is 0 Å². The van der Waals surface area contributed by atoms with Crippen LogP contribution < -0.4 is 9.04 Å². The highest BCUT2D eigenvalue weighted by Gasteiger charge is 2.35. The summed E-state index contributed by atoms with van der Waals surface area (Å²) in [5.41, 5.74) is 0.431. The van der Waals surface area contributed by atoms with E-state index in [9.17, 15) is 13.2 Å². The molecule has 6 nitrogen and oxygen atoms in total. The first-order valence-corrected chi connectivity index (χ1v) is 7.09. The number of hydrogen-bond acceptors (Lipinski definition) is 5. The van der Waals surface area contributed by atoms with Crippen molar-refractivity contribution in [3.05, 3.63) is 24.3 Å². The molecule has 0 spiro atoms. The highest BCUT2D eigenvalue weighted by atomic mass is 32.2. The van der Waals surface area contributed by atoms with Crippen LogP contribution in [0.4, 0.5) is 5.69 Å². The largest absolute Gasteiger partial charge is 0.475 e. The molecule has 1 heterocycles. The van der Waals surface area contributed by atoms with Gasteiger partial charge >= 0.3 is 5.97 Å². The number of carbonyl (C=O) groups excluding carboxylic acids is 1. The first kappa shape index (κ1) is 12.7. The fourth-order valence-electron chi connectivity index (χ4n) is 1.77. The number of anilines is 1. The molecule has 1 unspecified atom stereocenters. The van der Waals surface area contributed by atoms with E-state index in [-0.39, 0.29) is 6.54 Å². The van der Waals surface area contributed by atoms with Gasteiger partial charge in [-0.25, -0.2) is 13.2 Å². The highest BCUT2D eigenvalue weighted by molar-refractivity contribution is 7.92. The first-order valence-electron chi connectivity index (χ1n) is 5.24. The molecule has 0 N–H and O–H groups in total. The number of para-hydroxylation sites is 2. The highest BCUT2D eigenvalue weighted by Crippen LogP contribution is 2.34. The molecule has 0 fully saturated rings. The van der Waals surface area contributed by atoms with Crippen molar-refractivity contribution in [1.82, 2.24) is 0 Å². The van der Waals surface area contributed by atoms with Gasteiger partial charge in [-0.1, -0.05) is 12.1 Å². The van der Waals surface area contributed by atoms with E-state index in [4.69, 9.17) is 4.74 Å². The van der Waals surface area contributed by atoms with Crippen LogP contribution in [-0.2, 0) is 19.6 Å². The van der Waals surface area contributed by atoms with Crippen LogP contribution in [0.3, 0.4) is 0 Å². The maximum absolute atomic E-state index is 11.7. The van der Waals surface area contributed by atoms with Crippen LogP contribution in [0.25, 0.3) is 0 Å². The topological polar surface area (TPSA) is 72.9 Å². The van der Waals surface area contributed by atoms with Crippen molar-refractivity contribution in [2.75, 3.05) is 24.2 Å². The summed E-state index contributed by atoms with van der Waals surface area (Å²) in [5.74, 6) is -0.247. The molecule has 1 aliphatic heterocycles. The lowest BCUT2D eigenvalue weighted by Gasteiger charge is -2.33. The quantitative estimate of drug-likeness (QED) is 0.727. The van der Waals surface area contributed by atoms with Crippen molar-refractivity contribution < 1.29 is 22.7 Å². The molecule has 0 amide bonds. The van der Waals surface area contributed by atoms with Gasteiger partial charge in [0.15, 0.2) is 0 Å². The molecular weight excluding hydrogens is 258 g/mol. The van der Waals surface area contributed by atoms with Crippen LogP contribution in [0, 0.1) is 0 Å². The zero-order chi connectivity index (χ0) is 13.3. The van der Waals surface area contributed by atoms with Gasteiger partial charge in [0.05, 0.1) is 25.6 Å². The standard InChI is InChI=1S/C11H13NO5S/c1-16-11(13)10-7-12(18(2,14)15)8-5-3-4-6-9(8)17-10/h3-6,10H,7H2,1-2H3. The molecule has 0 aliphatic carbocycles. The maximum Gasteiger partial charge on any atom is 0.348 e. The Morgan fingerprint density at radius 1 is 1.44 bits per heavy atom. The molecule has 1 atom stereocenters. The molecule has 1 aliphatic rings. The van der Waals surface area contributed by atoms with Gasteiger partial charge in [-0.3, -0.25) is 4.31 Å². The Balaban J connectivity index is 2.45. The molecule has 0 saturated carbocycles. The summed E-state index contributed by atoms with van der Waals surface area (Å²) in [7, 11) is -2.24. The summed E-state index contributed by atoms with van der Waals surface area (Å²) in [5, 5.41) is 0.